The van der Waals surface area contributed by atoms with Gasteiger partial charge in [0.25, 0.3) is 0 Å². The van der Waals surface area contributed by atoms with Crippen LogP contribution >= 0.6 is 12.4 Å². The van der Waals surface area contributed by atoms with Gasteiger partial charge in [-0.05, 0) is 0 Å². The molecule has 4 nitrogen and oxygen atoms in total. The zero-order valence-corrected chi connectivity index (χ0v) is 8.39. The van der Waals surface area contributed by atoms with Crippen LogP contribution in [0.1, 0.15) is 0 Å². The molecular weight excluding hydrogens is 249 g/mol. The smallest absolute Gasteiger partial charge is 0.286 e. The van der Waals surface area contributed by atoms with Crippen LogP contribution in [0, 0.1) is 0 Å². The van der Waals surface area contributed by atoms with Crippen LogP contribution in [0.3, 0.4) is 0 Å². The van der Waals surface area contributed by atoms with Crippen molar-refractivity contribution >= 4 is 12.4 Å². The van der Waals surface area contributed by atoms with Crippen LogP contribution in [0.25, 0.3) is 0 Å². The third kappa shape index (κ3) is 78.0. The summed E-state index contributed by atoms with van der Waals surface area (Å²) in [7, 11) is 0. The Labute approximate surface area is 75.0 Å². The van der Waals surface area contributed by atoms with Gasteiger partial charge in [-0.2, -0.15) is 0 Å². The van der Waals surface area contributed by atoms with Crippen LogP contribution in [-0.4, -0.2) is 0 Å². The molecule has 0 aliphatic carbocycles. The molecule has 0 unspecified atom stereocenters. The molecular formula is HClINaO4. The normalized spacial score (nSPS) is 8.57. The molecule has 0 aliphatic rings. The quantitative estimate of drug-likeness (QED) is 0.315. The van der Waals surface area contributed by atoms with Crippen LogP contribution in [0.15, 0.2) is 0 Å². The predicted molar refractivity (Wildman–Crippen MR) is 7.25 cm³/mol. The van der Waals surface area contributed by atoms with E-state index in [0.717, 1.165) is 0 Å². The molecule has 0 N–H and O–H groups in total. The zero-order chi connectivity index (χ0) is 4.50. The van der Waals surface area contributed by atoms with Gasteiger partial charge in [-0.25, -0.2) is 0 Å². The Kier molecular flexibility index (Phi) is 13.6. The molecule has 0 bridgehead atoms. The molecule has 7 heavy (non-hydrogen) atoms. The fraction of sp³-hybridized carbons (Fsp3) is 0. The van der Waals surface area contributed by atoms with Crippen molar-refractivity contribution in [3.8, 4) is 0 Å². The predicted octanol–water partition coefficient (Wildman–Crippen LogP) is -10.3. The van der Waals surface area contributed by atoms with Gasteiger partial charge in [-0.3, -0.25) is 13.7 Å². The standard InChI is InChI=1S/ClH.IO4.Na/c;2-1(3,4)5;/h1H;;/q;-1;+1. The second-order valence-electron chi connectivity index (χ2n) is 0.378. The van der Waals surface area contributed by atoms with Crippen molar-refractivity contribution in [1.82, 2.24) is 0 Å². The average Bonchev–Trinajstić information content (AvgIpc) is 0.722. The van der Waals surface area contributed by atoms with Crippen molar-refractivity contribution in [2.24, 2.45) is 0 Å². The molecule has 0 radical (unpaired) electrons. The molecule has 0 amide bonds. The largest absolute Gasteiger partial charge is 1.00 e. The molecule has 0 aliphatic heterocycles. The first-order chi connectivity index (χ1) is 2.00. The summed E-state index contributed by atoms with van der Waals surface area (Å²) in [6.45, 7) is 0. The summed E-state index contributed by atoms with van der Waals surface area (Å²) in [5, 5.41) is 0. The van der Waals surface area contributed by atoms with E-state index in [2.05, 4.69) is 0 Å². The number of rotatable bonds is 0. The Hall–Kier alpha value is 1.86. The maximum absolute atomic E-state index is 8.62. The van der Waals surface area contributed by atoms with E-state index in [1.54, 1.807) is 0 Å². The number of hydrogen-bond donors (Lipinski definition) is 0. The summed E-state index contributed by atoms with van der Waals surface area (Å²) in [6.07, 6.45) is 0. The topological polar surface area (TPSA) is 92.2 Å². The summed E-state index contributed by atoms with van der Waals surface area (Å²) < 4.78 is 34.5. The Morgan fingerprint density at radius 2 is 0.857 bits per heavy atom. The van der Waals surface area contributed by atoms with Crippen molar-refractivity contribution in [3.05, 3.63) is 0 Å². The minimum Gasteiger partial charge on any atom is -0.286 e. The third-order valence-electron chi connectivity index (χ3n) is 0. The molecule has 0 heterocycles. The molecule has 7 heteroatoms. The SMILES string of the molecule is Cl.[Na+].[O-][I+3]([O-])([O-])[O-]. The summed E-state index contributed by atoms with van der Waals surface area (Å²) >= 11 is -5.94. The van der Waals surface area contributed by atoms with Gasteiger partial charge in [0.15, 0.2) is 0 Å². The summed E-state index contributed by atoms with van der Waals surface area (Å²) in [5.74, 6) is 0. The van der Waals surface area contributed by atoms with Gasteiger partial charge in [0.2, 0.25) is 0 Å². The van der Waals surface area contributed by atoms with Gasteiger partial charge in [0, 0.05) is 0 Å². The van der Waals surface area contributed by atoms with Crippen molar-refractivity contribution < 1.29 is 63.4 Å². The first-order valence-corrected chi connectivity index (χ1v) is 4.14. The van der Waals surface area contributed by atoms with Crippen LogP contribution in [-0.2, 0) is 0 Å². The fourth-order valence-corrected chi connectivity index (χ4v) is 0. The van der Waals surface area contributed by atoms with E-state index in [-0.39, 0.29) is 42.0 Å². The van der Waals surface area contributed by atoms with Gasteiger partial charge in [0.05, 0.1) is 0 Å². The van der Waals surface area contributed by atoms with Crippen molar-refractivity contribution in [2.75, 3.05) is 0 Å². The van der Waals surface area contributed by atoms with Gasteiger partial charge >= 0.3 is 29.6 Å². The van der Waals surface area contributed by atoms with Crippen LogP contribution in [0.2, 0.25) is 0 Å². The maximum atomic E-state index is 8.62. The van der Waals surface area contributed by atoms with E-state index >= 15 is 0 Å². The minimum atomic E-state index is -5.94. The second-order valence-corrected chi connectivity index (χ2v) is 2.54. The molecule has 0 aromatic rings. The molecule has 0 saturated carbocycles. The minimum absolute atomic E-state index is 0. The number of hydrogen-bond acceptors (Lipinski definition) is 4. The Balaban J connectivity index is -0.0000000800. The van der Waals surface area contributed by atoms with Crippen LogP contribution < -0.4 is 63.4 Å². The summed E-state index contributed by atoms with van der Waals surface area (Å²) in [5.41, 5.74) is 0. The van der Waals surface area contributed by atoms with E-state index in [1.807, 2.05) is 0 Å². The molecule has 40 valence electrons. The van der Waals surface area contributed by atoms with E-state index in [9.17, 15) is 0 Å². The van der Waals surface area contributed by atoms with Crippen LogP contribution in [0.5, 0.6) is 0 Å². The van der Waals surface area contributed by atoms with E-state index in [4.69, 9.17) is 13.7 Å². The summed E-state index contributed by atoms with van der Waals surface area (Å²) in [4.78, 5) is 0. The molecule has 0 saturated heterocycles. The zero-order valence-electron chi connectivity index (χ0n) is 3.42. The van der Waals surface area contributed by atoms with E-state index in [0.29, 0.717) is 0 Å². The molecule has 0 aromatic carbocycles. The van der Waals surface area contributed by atoms with Crippen molar-refractivity contribution in [3.63, 3.8) is 0 Å². The number of halogens is 2. The second kappa shape index (κ2) is 5.99. The molecule has 0 rings (SSSR count). The van der Waals surface area contributed by atoms with Gasteiger partial charge < -0.3 is 0 Å². The van der Waals surface area contributed by atoms with Gasteiger partial charge in [-0.1, -0.05) is 0 Å². The monoisotopic (exact) mass is 250 g/mol. The van der Waals surface area contributed by atoms with Gasteiger partial charge in [-0.15, -0.1) is 12.4 Å². The Morgan fingerprint density at radius 3 is 0.857 bits per heavy atom. The molecule has 0 atom stereocenters. The molecule has 0 aromatic heterocycles. The first kappa shape index (κ1) is 15.9. The molecule has 0 spiro atoms. The average molecular weight is 250 g/mol. The fourth-order valence-electron chi connectivity index (χ4n) is 0. The maximum Gasteiger partial charge on any atom is 1.00 e. The Bertz CT molecular complexity index is 27.2. The van der Waals surface area contributed by atoms with E-state index < -0.39 is 20.1 Å². The third-order valence-corrected chi connectivity index (χ3v) is 0. The molecule has 0 fully saturated rings. The van der Waals surface area contributed by atoms with Crippen molar-refractivity contribution in [1.29, 1.82) is 0 Å². The van der Waals surface area contributed by atoms with Crippen molar-refractivity contribution in [2.45, 2.75) is 0 Å². The first-order valence-electron chi connectivity index (χ1n) is 0.617. The van der Waals surface area contributed by atoms with Gasteiger partial charge in [0.1, 0.15) is 20.1 Å². The summed E-state index contributed by atoms with van der Waals surface area (Å²) in [6, 6.07) is 0. The van der Waals surface area contributed by atoms with Crippen LogP contribution in [0.4, 0.5) is 0 Å². The Morgan fingerprint density at radius 1 is 0.857 bits per heavy atom. The van der Waals surface area contributed by atoms with E-state index in [1.165, 1.54) is 0 Å².